The highest BCUT2D eigenvalue weighted by Crippen LogP contribution is 2.25. The summed E-state index contributed by atoms with van der Waals surface area (Å²) in [5.74, 6) is 0. The van der Waals surface area contributed by atoms with Crippen molar-refractivity contribution in [1.82, 2.24) is 0 Å². The summed E-state index contributed by atoms with van der Waals surface area (Å²) >= 11 is 0. The first-order valence-corrected chi connectivity index (χ1v) is 5.98. The zero-order chi connectivity index (χ0) is 12.2. The number of rotatable bonds is 5. The van der Waals surface area contributed by atoms with Gasteiger partial charge in [-0.25, -0.2) is 0 Å². The van der Waals surface area contributed by atoms with Gasteiger partial charge >= 0.3 is 0 Å². The molecule has 0 aromatic heterocycles. The van der Waals surface area contributed by atoms with Crippen molar-refractivity contribution in [3.05, 3.63) is 35.4 Å². The molecule has 3 N–H and O–H groups in total. The first kappa shape index (κ1) is 13.2. The summed E-state index contributed by atoms with van der Waals surface area (Å²) in [6.45, 7) is 6.49. The van der Waals surface area contributed by atoms with E-state index < -0.39 is 0 Å². The minimum Gasteiger partial charge on any atom is -0.393 e. The maximum Gasteiger partial charge on any atom is 0.0580 e. The molecule has 2 unspecified atom stereocenters. The standard InChI is InChI=1S/C14H23NO/c1-4-12-5-7-13(8-6-12)9-14(3,10-15)11(2)16/h5-8,11,16H,4,9-10,15H2,1-3H3. The van der Waals surface area contributed by atoms with E-state index in [-0.39, 0.29) is 11.5 Å². The zero-order valence-corrected chi connectivity index (χ0v) is 10.5. The maximum atomic E-state index is 9.75. The normalized spacial score (nSPS) is 16.8. The Kier molecular flexibility index (Phi) is 4.51. The quantitative estimate of drug-likeness (QED) is 0.800. The molecule has 0 radical (unpaired) electrons. The Morgan fingerprint density at radius 1 is 1.25 bits per heavy atom. The number of aliphatic hydroxyl groups excluding tert-OH is 1. The highest BCUT2D eigenvalue weighted by Gasteiger charge is 2.28. The molecule has 0 bridgehead atoms. The molecule has 1 aromatic carbocycles. The molecule has 0 heterocycles. The van der Waals surface area contributed by atoms with Crippen LogP contribution in [-0.2, 0) is 12.8 Å². The highest BCUT2D eigenvalue weighted by atomic mass is 16.3. The smallest absolute Gasteiger partial charge is 0.0580 e. The molecular weight excluding hydrogens is 198 g/mol. The van der Waals surface area contributed by atoms with Crippen LogP contribution < -0.4 is 5.73 Å². The molecule has 1 rings (SSSR count). The van der Waals surface area contributed by atoms with Gasteiger partial charge in [-0.1, -0.05) is 38.1 Å². The lowest BCUT2D eigenvalue weighted by molar-refractivity contribution is 0.0589. The minimum absolute atomic E-state index is 0.228. The molecule has 0 amide bonds. The second-order valence-electron chi connectivity index (χ2n) is 4.88. The molecular formula is C14H23NO. The molecule has 0 aliphatic heterocycles. The Bertz CT molecular complexity index is 318. The fourth-order valence-corrected chi connectivity index (χ4v) is 1.75. The minimum atomic E-state index is -0.386. The Hall–Kier alpha value is -0.860. The van der Waals surface area contributed by atoms with Gasteiger partial charge in [-0.3, -0.25) is 0 Å². The average molecular weight is 221 g/mol. The van der Waals surface area contributed by atoms with Gasteiger partial charge in [0.2, 0.25) is 0 Å². The van der Waals surface area contributed by atoms with E-state index in [1.807, 2.05) is 13.8 Å². The molecule has 0 saturated carbocycles. The summed E-state index contributed by atoms with van der Waals surface area (Å²) in [6.07, 6.45) is 1.50. The highest BCUT2D eigenvalue weighted by molar-refractivity contribution is 5.23. The molecule has 2 heteroatoms. The molecule has 1 aromatic rings. The molecule has 0 spiro atoms. The summed E-state index contributed by atoms with van der Waals surface area (Å²) in [4.78, 5) is 0. The molecule has 0 fully saturated rings. The van der Waals surface area contributed by atoms with Crippen molar-refractivity contribution < 1.29 is 5.11 Å². The van der Waals surface area contributed by atoms with Gasteiger partial charge in [-0.2, -0.15) is 0 Å². The molecule has 0 aliphatic rings. The monoisotopic (exact) mass is 221 g/mol. The van der Waals surface area contributed by atoms with Gasteiger partial charge in [0, 0.05) is 12.0 Å². The number of benzene rings is 1. The fourth-order valence-electron chi connectivity index (χ4n) is 1.75. The first-order chi connectivity index (χ1) is 7.51. The zero-order valence-electron chi connectivity index (χ0n) is 10.5. The number of aryl methyl sites for hydroxylation is 1. The van der Waals surface area contributed by atoms with E-state index >= 15 is 0 Å². The first-order valence-electron chi connectivity index (χ1n) is 5.98. The van der Waals surface area contributed by atoms with Crippen LogP contribution in [0.15, 0.2) is 24.3 Å². The van der Waals surface area contributed by atoms with Gasteiger partial charge in [0.25, 0.3) is 0 Å². The lowest BCUT2D eigenvalue weighted by Gasteiger charge is -2.31. The van der Waals surface area contributed by atoms with Gasteiger partial charge in [-0.15, -0.1) is 0 Å². The molecule has 16 heavy (non-hydrogen) atoms. The Balaban J connectivity index is 2.78. The summed E-state index contributed by atoms with van der Waals surface area (Å²) < 4.78 is 0. The van der Waals surface area contributed by atoms with E-state index in [0.29, 0.717) is 6.54 Å². The van der Waals surface area contributed by atoms with E-state index in [1.54, 1.807) is 0 Å². The third-order valence-electron chi connectivity index (χ3n) is 3.51. The van der Waals surface area contributed by atoms with Crippen LogP contribution in [0.1, 0.15) is 31.9 Å². The van der Waals surface area contributed by atoms with Crippen LogP contribution in [0.3, 0.4) is 0 Å². The van der Waals surface area contributed by atoms with Crippen molar-refractivity contribution in [3.8, 4) is 0 Å². The van der Waals surface area contributed by atoms with E-state index in [0.717, 1.165) is 12.8 Å². The van der Waals surface area contributed by atoms with E-state index in [9.17, 15) is 5.11 Å². The summed E-state index contributed by atoms with van der Waals surface area (Å²) in [5, 5.41) is 9.75. The van der Waals surface area contributed by atoms with Gasteiger partial charge in [0.15, 0.2) is 0 Å². The molecule has 2 atom stereocenters. The van der Waals surface area contributed by atoms with Crippen molar-refractivity contribution in [2.75, 3.05) is 6.54 Å². The molecule has 90 valence electrons. The van der Waals surface area contributed by atoms with Crippen LogP contribution in [0, 0.1) is 5.41 Å². The number of hydrogen-bond acceptors (Lipinski definition) is 2. The van der Waals surface area contributed by atoms with Gasteiger partial charge in [0.1, 0.15) is 0 Å². The van der Waals surface area contributed by atoms with Crippen LogP contribution in [0.2, 0.25) is 0 Å². The molecule has 2 nitrogen and oxygen atoms in total. The average Bonchev–Trinajstić information content (AvgIpc) is 2.29. The predicted octanol–water partition coefficient (Wildman–Crippen LogP) is 2.14. The Morgan fingerprint density at radius 2 is 1.75 bits per heavy atom. The van der Waals surface area contributed by atoms with E-state index in [4.69, 9.17) is 5.73 Å². The van der Waals surface area contributed by atoms with Gasteiger partial charge < -0.3 is 10.8 Å². The fraction of sp³-hybridized carbons (Fsp3) is 0.571. The van der Waals surface area contributed by atoms with Gasteiger partial charge in [0.05, 0.1) is 6.10 Å². The topological polar surface area (TPSA) is 46.2 Å². The Morgan fingerprint density at radius 3 is 2.12 bits per heavy atom. The third-order valence-corrected chi connectivity index (χ3v) is 3.51. The van der Waals surface area contributed by atoms with Crippen LogP contribution in [-0.4, -0.2) is 17.8 Å². The van der Waals surface area contributed by atoms with Crippen molar-refractivity contribution in [3.63, 3.8) is 0 Å². The maximum absolute atomic E-state index is 9.75. The lowest BCUT2D eigenvalue weighted by Crippen LogP contribution is -2.39. The molecule has 0 saturated heterocycles. The molecule has 0 aliphatic carbocycles. The van der Waals surface area contributed by atoms with Crippen molar-refractivity contribution in [2.45, 2.75) is 39.7 Å². The van der Waals surface area contributed by atoms with Crippen molar-refractivity contribution >= 4 is 0 Å². The van der Waals surface area contributed by atoms with Crippen molar-refractivity contribution in [1.29, 1.82) is 0 Å². The van der Waals surface area contributed by atoms with Crippen LogP contribution in [0.4, 0.5) is 0 Å². The summed E-state index contributed by atoms with van der Waals surface area (Å²) in [7, 11) is 0. The van der Waals surface area contributed by atoms with Crippen LogP contribution in [0.5, 0.6) is 0 Å². The largest absolute Gasteiger partial charge is 0.393 e. The lowest BCUT2D eigenvalue weighted by atomic mass is 9.79. The second kappa shape index (κ2) is 5.46. The van der Waals surface area contributed by atoms with E-state index in [1.165, 1.54) is 11.1 Å². The second-order valence-corrected chi connectivity index (χ2v) is 4.88. The SMILES string of the molecule is CCc1ccc(CC(C)(CN)C(C)O)cc1. The van der Waals surface area contributed by atoms with Crippen LogP contribution in [0.25, 0.3) is 0 Å². The summed E-state index contributed by atoms with van der Waals surface area (Å²) in [5.41, 5.74) is 8.11. The van der Waals surface area contributed by atoms with Crippen LogP contribution >= 0.6 is 0 Å². The Labute approximate surface area is 98.5 Å². The van der Waals surface area contributed by atoms with Crippen molar-refractivity contribution in [2.24, 2.45) is 11.1 Å². The van der Waals surface area contributed by atoms with Gasteiger partial charge in [-0.05, 0) is 30.9 Å². The third kappa shape index (κ3) is 3.06. The number of hydrogen-bond donors (Lipinski definition) is 2. The summed E-state index contributed by atoms with van der Waals surface area (Å²) in [6, 6.07) is 8.56. The number of nitrogens with two attached hydrogens (primary N) is 1. The predicted molar refractivity (Wildman–Crippen MR) is 68.4 cm³/mol. The van der Waals surface area contributed by atoms with E-state index in [2.05, 4.69) is 31.2 Å². The number of aliphatic hydroxyl groups is 1.